The topological polar surface area (TPSA) is 51.8 Å². The lowest BCUT2D eigenvalue weighted by atomic mass is 10.1. The smallest absolute Gasteiger partial charge is 0.0797 e. The molecule has 1 aromatic carbocycles. The molecule has 0 spiro atoms. The van der Waals surface area contributed by atoms with E-state index in [4.69, 9.17) is 5.73 Å². The summed E-state index contributed by atoms with van der Waals surface area (Å²) in [5.41, 5.74) is 9.81. The van der Waals surface area contributed by atoms with E-state index in [-0.39, 0.29) is 0 Å². The molecule has 0 fully saturated rings. The summed E-state index contributed by atoms with van der Waals surface area (Å²) in [6.07, 6.45) is 5.42. The Bertz CT molecular complexity index is 632. The molecule has 0 atom stereocenters. The van der Waals surface area contributed by atoms with Crippen LogP contribution in [0, 0.1) is 0 Å². The first kappa shape index (κ1) is 9.30. The molecule has 0 amide bonds. The highest BCUT2D eigenvalue weighted by molar-refractivity contribution is 7.13. The Kier molecular flexibility index (Phi) is 2.08. The van der Waals surface area contributed by atoms with Crippen molar-refractivity contribution in [2.24, 2.45) is 0 Å². The van der Waals surface area contributed by atoms with Gasteiger partial charge in [-0.2, -0.15) is 0 Å². The summed E-state index contributed by atoms with van der Waals surface area (Å²) >= 11 is 1.59. The highest BCUT2D eigenvalue weighted by atomic mass is 32.1. The number of rotatable bonds is 1. The fraction of sp³-hybridized carbons (Fsp3) is 0. The van der Waals surface area contributed by atoms with Crippen LogP contribution in [0.5, 0.6) is 0 Å². The summed E-state index contributed by atoms with van der Waals surface area (Å²) < 4.78 is 0. The zero-order valence-electron chi connectivity index (χ0n) is 8.42. The number of fused-ring (bicyclic) bond motifs is 1. The van der Waals surface area contributed by atoms with Gasteiger partial charge in [0.25, 0.3) is 0 Å². The lowest BCUT2D eigenvalue weighted by Crippen LogP contribution is -1.91. The minimum atomic E-state index is 0.796. The summed E-state index contributed by atoms with van der Waals surface area (Å²) in [4.78, 5) is 9.25. The number of thiazole rings is 1. The Morgan fingerprint density at radius 3 is 2.81 bits per heavy atom. The molecule has 0 saturated heterocycles. The van der Waals surface area contributed by atoms with Crippen molar-refractivity contribution in [3.8, 4) is 10.4 Å². The summed E-state index contributed by atoms with van der Waals surface area (Å²) in [5.74, 6) is 0. The number of nitrogens with zero attached hydrogens (tertiary/aromatic N) is 2. The zero-order chi connectivity index (χ0) is 11.0. The molecule has 0 bridgehead atoms. The molecule has 78 valence electrons. The van der Waals surface area contributed by atoms with Crippen molar-refractivity contribution in [3.05, 3.63) is 42.3 Å². The van der Waals surface area contributed by atoms with Crippen LogP contribution in [0.25, 0.3) is 21.2 Å². The van der Waals surface area contributed by atoms with Gasteiger partial charge < -0.3 is 5.73 Å². The predicted octanol–water partition coefficient (Wildman–Crippen LogP) is 2.94. The first-order valence-corrected chi connectivity index (χ1v) is 5.75. The molecule has 3 rings (SSSR count). The first-order valence-electron chi connectivity index (χ1n) is 4.87. The van der Waals surface area contributed by atoms with Gasteiger partial charge in [0, 0.05) is 40.6 Å². The van der Waals surface area contributed by atoms with E-state index >= 15 is 0 Å². The van der Waals surface area contributed by atoms with Gasteiger partial charge in [-0.05, 0) is 6.07 Å². The Labute approximate surface area is 96.6 Å². The highest BCUT2D eigenvalue weighted by Gasteiger charge is 2.07. The maximum absolute atomic E-state index is 6.16. The number of hydrogen-bond acceptors (Lipinski definition) is 4. The maximum atomic E-state index is 6.16. The van der Waals surface area contributed by atoms with Gasteiger partial charge in [-0.3, -0.25) is 9.97 Å². The van der Waals surface area contributed by atoms with Crippen molar-refractivity contribution < 1.29 is 0 Å². The van der Waals surface area contributed by atoms with E-state index in [0.29, 0.717) is 0 Å². The fourth-order valence-electron chi connectivity index (χ4n) is 1.76. The highest BCUT2D eigenvalue weighted by Crippen LogP contribution is 2.33. The van der Waals surface area contributed by atoms with E-state index in [0.717, 1.165) is 26.9 Å². The predicted molar refractivity (Wildman–Crippen MR) is 67.3 cm³/mol. The van der Waals surface area contributed by atoms with Crippen LogP contribution in [0.1, 0.15) is 0 Å². The zero-order valence-corrected chi connectivity index (χ0v) is 9.24. The minimum absolute atomic E-state index is 0.796. The van der Waals surface area contributed by atoms with Crippen LogP contribution < -0.4 is 5.73 Å². The maximum Gasteiger partial charge on any atom is 0.0797 e. The molecule has 0 aliphatic carbocycles. The van der Waals surface area contributed by atoms with Crippen molar-refractivity contribution in [2.45, 2.75) is 0 Å². The van der Waals surface area contributed by atoms with E-state index in [1.54, 1.807) is 17.5 Å². The Morgan fingerprint density at radius 2 is 2.00 bits per heavy atom. The van der Waals surface area contributed by atoms with Crippen LogP contribution in [-0.2, 0) is 0 Å². The summed E-state index contributed by atoms with van der Waals surface area (Å²) in [7, 11) is 0. The number of nitrogens with two attached hydrogens (primary N) is 1. The second-order valence-corrected chi connectivity index (χ2v) is 4.38. The second kappa shape index (κ2) is 3.57. The van der Waals surface area contributed by atoms with Gasteiger partial charge in [-0.25, -0.2) is 0 Å². The molecule has 3 nitrogen and oxygen atoms in total. The number of pyridine rings is 1. The van der Waals surface area contributed by atoms with Crippen LogP contribution in [0.4, 0.5) is 5.69 Å². The summed E-state index contributed by atoms with van der Waals surface area (Å²) in [6, 6.07) is 6.00. The largest absolute Gasteiger partial charge is 0.398 e. The lowest BCUT2D eigenvalue weighted by molar-refractivity contribution is 1.36. The van der Waals surface area contributed by atoms with Crippen molar-refractivity contribution in [1.82, 2.24) is 9.97 Å². The summed E-state index contributed by atoms with van der Waals surface area (Å²) in [5, 5.41) is 2.11. The van der Waals surface area contributed by atoms with Crippen LogP contribution in [-0.4, -0.2) is 9.97 Å². The van der Waals surface area contributed by atoms with Crippen molar-refractivity contribution >= 4 is 27.8 Å². The molecule has 16 heavy (non-hydrogen) atoms. The molecule has 0 saturated carbocycles. The fourth-order valence-corrected chi connectivity index (χ4v) is 2.42. The van der Waals surface area contributed by atoms with Gasteiger partial charge in [-0.15, -0.1) is 11.3 Å². The van der Waals surface area contributed by atoms with E-state index in [1.165, 1.54) is 0 Å². The van der Waals surface area contributed by atoms with E-state index in [1.807, 2.05) is 36.1 Å². The van der Waals surface area contributed by atoms with Crippen LogP contribution in [0.3, 0.4) is 0 Å². The Balaban J connectivity index is 2.32. The quantitative estimate of drug-likeness (QED) is 0.650. The van der Waals surface area contributed by atoms with Crippen LogP contribution in [0.15, 0.2) is 42.3 Å². The number of anilines is 1. The number of aromatic nitrogens is 2. The van der Waals surface area contributed by atoms with Gasteiger partial charge in [0.1, 0.15) is 0 Å². The molecule has 2 N–H and O–H groups in total. The summed E-state index contributed by atoms with van der Waals surface area (Å²) in [6.45, 7) is 0. The van der Waals surface area contributed by atoms with Gasteiger partial charge in [0.15, 0.2) is 0 Å². The van der Waals surface area contributed by atoms with Gasteiger partial charge in [0.05, 0.1) is 10.4 Å². The van der Waals surface area contributed by atoms with Gasteiger partial charge in [-0.1, -0.05) is 12.1 Å². The van der Waals surface area contributed by atoms with E-state index in [9.17, 15) is 0 Å². The second-order valence-electron chi connectivity index (χ2n) is 3.49. The SMILES string of the molecule is Nc1c(-c2cncs2)ccc2cnccc12. The third-order valence-electron chi connectivity index (χ3n) is 2.56. The van der Waals surface area contributed by atoms with Crippen molar-refractivity contribution in [3.63, 3.8) is 0 Å². The molecule has 0 unspecified atom stereocenters. The molecule has 0 aliphatic heterocycles. The number of hydrogen-bond donors (Lipinski definition) is 1. The lowest BCUT2D eigenvalue weighted by Gasteiger charge is -2.06. The molecule has 2 heterocycles. The monoisotopic (exact) mass is 227 g/mol. The number of benzene rings is 1. The molecule has 0 radical (unpaired) electrons. The third kappa shape index (κ3) is 1.35. The molecule has 3 aromatic rings. The Morgan fingerprint density at radius 1 is 1.06 bits per heavy atom. The molecule has 0 aliphatic rings. The van der Waals surface area contributed by atoms with E-state index in [2.05, 4.69) is 9.97 Å². The van der Waals surface area contributed by atoms with Crippen molar-refractivity contribution in [2.75, 3.05) is 5.73 Å². The van der Waals surface area contributed by atoms with Crippen LogP contribution >= 0.6 is 11.3 Å². The molecule has 4 heteroatoms. The normalized spacial score (nSPS) is 10.8. The van der Waals surface area contributed by atoms with Gasteiger partial charge >= 0.3 is 0 Å². The van der Waals surface area contributed by atoms with Crippen LogP contribution in [0.2, 0.25) is 0 Å². The average Bonchev–Trinajstić information content (AvgIpc) is 2.83. The minimum Gasteiger partial charge on any atom is -0.398 e. The molecular weight excluding hydrogens is 218 g/mol. The van der Waals surface area contributed by atoms with Crippen molar-refractivity contribution in [1.29, 1.82) is 0 Å². The average molecular weight is 227 g/mol. The van der Waals surface area contributed by atoms with Gasteiger partial charge in [0.2, 0.25) is 0 Å². The molecular formula is C12H9N3S. The third-order valence-corrected chi connectivity index (χ3v) is 3.37. The number of nitrogen functional groups attached to an aromatic ring is 1. The standard InChI is InChI=1S/C12H9N3S/c13-12-9-3-4-14-5-8(9)1-2-10(12)11-6-15-7-16-11/h1-7H,13H2. The molecule has 2 aromatic heterocycles. The first-order chi connectivity index (χ1) is 7.86. The Hall–Kier alpha value is -1.94. The van der Waals surface area contributed by atoms with E-state index < -0.39 is 0 Å².